The summed E-state index contributed by atoms with van der Waals surface area (Å²) in [4.78, 5) is 22.1. The molecule has 4 heteroatoms. The lowest BCUT2D eigenvalue weighted by Gasteiger charge is -2.09. The number of anilines is 1. The van der Waals surface area contributed by atoms with Gasteiger partial charge in [0.1, 0.15) is 5.78 Å². The van der Waals surface area contributed by atoms with Gasteiger partial charge in [0, 0.05) is 4.47 Å². The molecule has 0 aliphatic rings. The second-order valence-corrected chi connectivity index (χ2v) is 4.21. The first-order chi connectivity index (χ1) is 7.00. The number of carbonyl (C=O) groups excluding carboxylic acids is 2. The van der Waals surface area contributed by atoms with Crippen molar-refractivity contribution in [1.29, 1.82) is 0 Å². The Morgan fingerprint density at radius 3 is 2.60 bits per heavy atom. The molecule has 0 aromatic heterocycles. The van der Waals surface area contributed by atoms with Crippen molar-refractivity contribution in [2.75, 3.05) is 5.32 Å². The van der Waals surface area contributed by atoms with Crippen LogP contribution in [0.1, 0.15) is 18.9 Å². The number of rotatable bonds is 3. The molecule has 1 rings (SSSR count). The fourth-order valence-corrected chi connectivity index (χ4v) is 1.76. The van der Waals surface area contributed by atoms with Gasteiger partial charge >= 0.3 is 0 Å². The zero-order valence-corrected chi connectivity index (χ0v) is 10.2. The Labute approximate surface area is 97.0 Å². The van der Waals surface area contributed by atoms with Crippen LogP contribution in [0.5, 0.6) is 0 Å². The zero-order chi connectivity index (χ0) is 11.4. The van der Waals surface area contributed by atoms with Crippen LogP contribution in [0.2, 0.25) is 0 Å². The van der Waals surface area contributed by atoms with E-state index in [2.05, 4.69) is 21.2 Å². The fourth-order valence-electron chi connectivity index (χ4n) is 1.20. The summed E-state index contributed by atoms with van der Waals surface area (Å²) in [7, 11) is 0. The minimum Gasteiger partial charge on any atom is -0.324 e. The predicted molar refractivity (Wildman–Crippen MR) is 62.8 cm³/mol. The molecule has 0 aliphatic heterocycles. The van der Waals surface area contributed by atoms with Gasteiger partial charge in [-0.25, -0.2) is 0 Å². The maximum atomic E-state index is 11.4. The van der Waals surface area contributed by atoms with Crippen LogP contribution < -0.4 is 5.32 Å². The van der Waals surface area contributed by atoms with E-state index in [9.17, 15) is 9.59 Å². The molecule has 0 bridgehead atoms. The molecule has 0 heterocycles. The quantitative estimate of drug-likeness (QED) is 0.858. The molecule has 0 saturated carbocycles. The van der Waals surface area contributed by atoms with Crippen molar-refractivity contribution >= 4 is 33.3 Å². The molecule has 0 fully saturated rings. The minimum absolute atomic E-state index is 0.0826. The number of benzene rings is 1. The molecule has 1 N–H and O–H groups in total. The third kappa shape index (κ3) is 3.47. The number of Topliss-reactive ketones (excluding diaryl/α,β-unsaturated/α-hetero) is 1. The average Bonchev–Trinajstić information content (AvgIpc) is 2.10. The third-order valence-corrected chi connectivity index (χ3v) is 2.56. The van der Waals surface area contributed by atoms with Gasteiger partial charge in [-0.2, -0.15) is 0 Å². The SMILES string of the molecule is CC(=O)CC(=O)Nc1c(C)cccc1Br. The van der Waals surface area contributed by atoms with E-state index in [1.54, 1.807) is 0 Å². The minimum atomic E-state index is -0.280. The molecule has 15 heavy (non-hydrogen) atoms. The van der Waals surface area contributed by atoms with Crippen LogP contribution in [0.15, 0.2) is 22.7 Å². The van der Waals surface area contributed by atoms with Crippen LogP contribution in [0, 0.1) is 6.92 Å². The number of amides is 1. The van der Waals surface area contributed by atoms with Gasteiger partial charge in [-0.1, -0.05) is 12.1 Å². The Kier molecular flexibility index (Phi) is 4.03. The number of carbonyl (C=O) groups is 2. The van der Waals surface area contributed by atoms with Crippen molar-refractivity contribution in [1.82, 2.24) is 0 Å². The Morgan fingerprint density at radius 2 is 2.07 bits per heavy atom. The van der Waals surface area contributed by atoms with Gasteiger partial charge in [0.05, 0.1) is 12.1 Å². The van der Waals surface area contributed by atoms with Crippen molar-refractivity contribution in [3.05, 3.63) is 28.2 Å². The first-order valence-corrected chi connectivity index (χ1v) is 5.34. The Hall–Kier alpha value is -1.16. The fraction of sp³-hybridized carbons (Fsp3) is 0.273. The zero-order valence-electron chi connectivity index (χ0n) is 8.63. The summed E-state index contributed by atoms with van der Waals surface area (Å²) in [6.45, 7) is 3.29. The second-order valence-electron chi connectivity index (χ2n) is 3.36. The molecular weight excluding hydrogens is 258 g/mol. The largest absolute Gasteiger partial charge is 0.324 e. The van der Waals surface area contributed by atoms with E-state index in [0.29, 0.717) is 0 Å². The third-order valence-electron chi connectivity index (χ3n) is 1.90. The molecule has 0 unspecified atom stereocenters. The molecular formula is C11H12BrNO2. The summed E-state index contributed by atoms with van der Waals surface area (Å²) in [5.74, 6) is -0.422. The normalized spacial score (nSPS) is 9.80. The van der Waals surface area contributed by atoms with Gasteiger partial charge in [-0.15, -0.1) is 0 Å². The lowest BCUT2D eigenvalue weighted by molar-refractivity contribution is -0.124. The standard InChI is InChI=1S/C11H12BrNO2/c1-7-4-3-5-9(12)11(7)13-10(15)6-8(2)14/h3-5H,6H2,1-2H3,(H,13,15). The van der Waals surface area contributed by atoms with E-state index in [1.807, 2.05) is 25.1 Å². The van der Waals surface area contributed by atoms with Crippen molar-refractivity contribution in [3.63, 3.8) is 0 Å². The van der Waals surface area contributed by atoms with E-state index in [1.165, 1.54) is 6.92 Å². The molecule has 0 aliphatic carbocycles. The van der Waals surface area contributed by atoms with Crippen LogP contribution in [0.3, 0.4) is 0 Å². The van der Waals surface area contributed by atoms with E-state index in [0.717, 1.165) is 15.7 Å². The van der Waals surface area contributed by atoms with Crippen LogP contribution >= 0.6 is 15.9 Å². The lowest BCUT2D eigenvalue weighted by Crippen LogP contribution is -2.15. The van der Waals surface area contributed by atoms with Crippen LogP contribution in [0.4, 0.5) is 5.69 Å². The highest BCUT2D eigenvalue weighted by Crippen LogP contribution is 2.25. The number of ketones is 1. The van der Waals surface area contributed by atoms with E-state index in [-0.39, 0.29) is 18.1 Å². The highest BCUT2D eigenvalue weighted by atomic mass is 79.9. The molecule has 0 spiro atoms. The number of aryl methyl sites for hydroxylation is 1. The Balaban J connectivity index is 2.80. The molecule has 0 saturated heterocycles. The molecule has 1 aromatic carbocycles. The van der Waals surface area contributed by atoms with Gasteiger partial charge in [-0.3, -0.25) is 9.59 Å². The van der Waals surface area contributed by atoms with Crippen LogP contribution in [0.25, 0.3) is 0 Å². The van der Waals surface area contributed by atoms with E-state index in [4.69, 9.17) is 0 Å². The second kappa shape index (κ2) is 5.07. The van der Waals surface area contributed by atoms with Gasteiger partial charge in [0.15, 0.2) is 0 Å². The van der Waals surface area contributed by atoms with Crippen molar-refractivity contribution in [3.8, 4) is 0 Å². The smallest absolute Gasteiger partial charge is 0.231 e. The maximum Gasteiger partial charge on any atom is 0.231 e. The first kappa shape index (κ1) is 11.9. The van der Waals surface area contributed by atoms with Gasteiger partial charge in [0.2, 0.25) is 5.91 Å². The van der Waals surface area contributed by atoms with Crippen LogP contribution in [-0.2, 0) is 9.59 Å². The summed E-state index contributed by atoms with van der Waals surface area (Å²) in [6.07, 6.45) is -0.0826. The van der Waals surface area contributed by atoms with E-state index >= 15 is 0 Å². The molecule has 1 amide bonds. The average molecular weight is 270 g/mol. The Morgan fingerprint density at radius 1 is 1.40 bits per heavy atom. The molecule has 1 aromatic rings. The van der Waals surface area contributed by atoms with E-state index < -0.39 is 0 Å². The van der Waals surface area contributed by atoms with Gasteiger partial charge in [0.25, 0.3) is 0 Å². The Bertz CT molecular complexity index is 381. The number of halogens is 1. The van der Waals surface area contributed by atoms with Crippen molar-refractivity contribution in [2.24, 2.45) is 0 Å². The van der Waals surface area contributed by atoms with Crippen molar-refractivity contribution in [2.45, 2.75) is 20.3 Å². The topological polar surface area (TPSA) is 46.2 Å². The monoisotopic (exact) mass is 269 g/mol. The lowest BCUT2D eigenvalue weighted by atomic mass is 10.2. The number of para-hydroxylation sites is 1. The number of hydrogen-bond donors (Lipinski definition) is 1. The number of hydrogen-bond acceptors (Lipinski definition) is 2. The van der Waals surface area contributed by atoms with Gasteiger partial charge in [-0.05, 0) is 41.4 Å². The van der Waals surface area contributed by atoms with Crippen molar-refractivity contribution < 1.29 is 9.59 Å². The van der Waals surface area contributed by atoms with Gasteiger partial charge < -0.3 is 5.32 Å². The summed E-state index contributed by atoms with van der Waals surface area (Å²) < 4.78 is 0.819. The molecule has 80 valence electrons. The summed E-state index contributed by atoms with van der Waals surface area (Å²) in [5.41, 5.74) is 1.69. The summed E-state index contributed by atoms with van der Waals surface area (Å²) in [6, 6.07) is 5.63. The number of nitrogens with one attached hydrogen (secondary N) is 1. The summed E-state index contributed by atoms with van der Waals surface area (Å²) >= 11 is 3.34. The summed E-state index contributed by atoms with van der Waals surface area (Å²) in [5, 5.41) is 2.70. The highest BCUT2D eigenvalue weighted by molar-refractivity contribution is 9.10. The predicted octanol–water partition coefficient (Wildman–Crippen LogP) is 2.68. The molecule has 0 radical (unpaired) electrons. The molecule has 0 atom stereocenters. The van der Waals surface area contributed by atoms with Crippen LogP contribution in [-0.4, -0.2) is 11.7 Å². The maximum absolute atomic E-state index is 11.4. The first-order valence-electron chi connectivity index (χ1n) is 4.55. The highest BCUT2D eigenvalue weighted by Gasteiger charge is 2.09. The molecule has 3 nitrogen and oxygen atoms in total.